The van der Waals surface area contributed by atoms with Gasteiger partial charge in [-0.25, -0.2) is 8.42 Å². The van der Waals surface area contributed by atoms with Crippen LogP contribution in [0.1, 0.15) is 31.2 Å². The minimum absolute atomic E-state index is 0.00317. The van der Waals surface area contributed by atoms with E-state index in [1.807, 2.05) is 4.90 Å². The van der Waals surface area contributed by atoms with Crippen molar-refractivity contribution in [2.24, 2.45) is 0 Å². The lowest BCUT2D eigenvalue weighted by atomic mass is 9.97. The third-order valence-electron chi connectivity index (χ3n) is 6.42. The van der Waals surface area contributed by atoms with Crippen molar-refractivity contribution in [2.45, 2.75) is 37.0 Å². The highest BCUT2D eigenvalue weighted by Crippen LogP contribution is 2.30. The number of likely N-dealkylation sites (tertiary alicyclic amines) is 1. The first kappa shape index (κ1) is 27.5. The van der Waals surface area contributed by atoms with Gasteiger partial charge >= 0.3 is 0 Å². The van der Waals surface area contributed by atoms with Crippen molar-refractivity contribution in [3.8, 4) is 5.75 Å². The number of hydrogen-bond donors (Lipinski definition) is 0. The number of amides is 1. The van der Waals surface area contributed by atoms with Crippen LogP contribution in [0.3, 0.4) is 0 Å². The number of nitrogens with zero attached hydrogens (tertiary/aromatic N) is 2. The van der Waals surface area contributed by atoms with Gasteiger partial charge in [-0.05, 0) is 55.2 Å². The Morgan fingerprint density at radius 3 is 2.50 bits per heavy atom. The number of morpholine rings is 1. The third kappa shape index (κ3) is 7.05. The molecule has 11 heteroatoms. The number of ether oxygens (including phenoxy) is 2. The van der Waals surface area contributed by atoms with Crippen LogP contribution >= 0.6 is 34.8 Å². The first-order valence-corrected chi connectivity index (χ1v) is 14.6. The van der Waals surface area contributed by atoms with Crippen LogP contribution in [0.4, 0.5) is 0 Å². The second kappa shape index (κ2) is 11.9. The van der Waals surface area contributed by atoms with Crippen molar-refractivity contribution in [3.63, 3.8) is 0 Å². The maximum absolute atomic E-state index is 13.4. The fourth-order valence-electron chi connectivity index (χ4n) is 4.53. The smallest absolute Gasteiger partial charge is 0.225 e. The molecule has 0 unspecified atom stereocenters. The summed E-state index contributed by atoms with van der Waals surface area (Å²) in [6.07, 6.45) is 3.04. The second-order valence-electron chi connectivity index (χ2n) is 9.23. The lowest BCUT2D eigenvalue weighted by molar-refractivity contribution is -0.151. The highest BCUT2D eigenvalue weighted by molar-refractivity contribution is 7.88. The molecule has 2 fully saturated rings. The summed E-state index contributed by atoms with van der Waals surface area (Å²) in [4.78, 5) is 15.1. The molecule has 0 aromatic heterocycles. The summed E-state index contributed by atoms with van der Waals surface area (Å²) in [5.41, 5.74) is -0.610. The largest absolute Gasteiger partial charge is 0.490 e. The Hall–Kier alpha value is -1.55. The Labute approximate surface area is 227 Å². The van der Waals surface area contributed by atoms with Gasteiger partial charge in [-0.15, -0.1) is 0 Å². The predicted molar refractivity (Wildman–Crippen MR) is 141 cm³/mol. The number of halogens is 3. The maximum atomic E-state index is 13.4. The molecule has 0 N–H and O–H groups in total. The van der Waals surface area contributed by atoms with Crippen molar-refractivity contribution in [2.75, 3.05) is 39.4 Å². The molecule has 1 amide bonds. The van der Waals surface area contributed by atoms with Crippen LogP contribution in [-0.2, 0) is 25.3 Å². The van der Waals surface area contributed by atoms with E-state index in [0.717, 1.165) is 19.3 Å². The molecule has 2 saturated heterocycles. The normalized spacial score (nSPS) is 21.4. The van der Waals surface area contributed by atoms with Crippen molar-refractivity contribution in [3.05, 3.63) is 63.1 Å². The van der Waals surface area contributed by atoms with Gasteiger partial charge in [0.1, 0.15) is 18.0 Å². The number of carbonyl (C=O) groups excluding carboxylic acids is 1. The van der Waals surface area contributed by atoms with E-state index in [-0.39, 0.29) is 44.4 Å². The van der Waals surface area contributed by atoms with Crippen LogP contribution in [0.5, 0.6) is 5.75 Å². The minimum Gasteiger partial charge on any atom is -0.490 e. The topological polar surface area (TPSA) is 76.1 Å². The van der Waals surface area contributed by atoms with Gasteiger partial charge in [-0.2, -0.15) is 4.31 Å². The lowest BCUT2D eigenvalue weighted by Gasteiger charge is -2.42. The van der Waals surface area contributed by atoms with E-state index in [0.29, 0.717) is 39.5 Å². The molecule has 0 saturated carbocycles. The number of rotatable bonds is 8. The molecule has 2 aromatic rings. The van der Waals surface area contributed by atoms with E-state index in [9.17, 15) is 13.2 Å². The van der Waals surface area contributed by atoms with Gasteiger partial charge in [0, 0.05) is 31.2 Å². The summed E-state index contributed by atoms with van der Waals surface area (Å²) in [5, 5.41) is 1.17. The zero-order chi connectivity index (χ0) is 25.8. The third-order valence-corrected chi connectivity index (χ3v) is 9.19. The second-order valence-corrected chi connectivity index (χ2v) is 12.5. The number of benzene rings is 2. The SMILES string of the molecule is O=C(C[C@]1(COc2cccc(Cl)c2)CN(S(=O)(=O)Cc2ccc(Cl)c(Cl)c2)CCO1)N1CCCCC1. The van der Waals surface area contributed by atoms with Crippen LogP contribution in [0.15, 0.2) is 42.5 Å². The summed E-state index contributed by atoms with van der Waals surface area (Å²) >= 11 is 18.2. The van der Waals surface area contributed by atoms with Crippen LogP contribution in [0.2, 0.25) is 15.1 Å². The van der Waals surface area contributed by atoms with Gasteiger partial charge in [0.25, 0.3) is 0 Å². The van der Waals surface area contributed by atoms with E-state index in [2.05, 4.69) is 0 Å². The predicted octanol–water partition coefficient (Wildman–Crippen LogP) is 5.03. The van der Waals surface area contributed by atoms with Gasteiger partial charge in [-0.1, -0.05) is 46.9 Å². The fourth-order valence-corrected chi connectivity index (χ4v) is 6.60. The molecule has 1 atom stereocenters. The number of sulfonamides is 1. The Balaban J connectivity index is 1.54. The quantitative estimate of drug-likeness (QED) is 0.441. The standard InChI is InChI=1S/C25H29Cl3N2O5S/c26-20-5-4-6-21(14-20)34-18-25(15-24(31)29-9-2-1-3-10-29)17-30(11-12-35-25)36(32,33)16-19-7-8-22(27)23(28)13-19/h4-8,13-14H,1-3,9-12,15-18H2/t25-/m1/s1. The lowest BCUT2D eigenvalue weighted by Crippen LogP contribution is -2.58. The maximum Gasteiger partial charge on any atom is 0.225 e. The van der Waals surface area contributed by atoms with Crippen molar-refractivity contribution < 1.29 is 22.7 Å². The molecular formula is C25H29Cl3N2O5S. The molecule has 196 valence electrons. The molecule has 0 aliphatic carbocycles. The van der Waals surface area contributed by atoms with E-state index >= 15 is 0 Å². The van der Waals surface area contributed by atoms with Crippen LogP contribution in [-0.4, -0.2) is 68.5 Å². The van der Waals surface area contributed by atoms with Gasteiger partial charge in [0.2, 0.25) is 15.9 Å². The highest BCUT2D eigenvalue weighted by Gasteiger charge is 2.44. The molecule has 0 radical (unpaired) electrons. The average molecular weight is 576 g/mol. The Kier molecular flexibility index (Phi) is 9.07. The summed E-state index contributed by atoms with van der Waals surface area (Å²) in [5.74, 6) is 0.217. The number of hydrogen-bond acceptors (Lipinski definition) is 5. The molecule has 7 nitrogen and oxygen atoms in total. The summed E-state index contributed by atoms with van der Waals surface area (Å²) in [6.45, 7) is 1.72. The highest BCUT2D eigenvalue weighted by atomic mass is 35.5. The molecule has 0 spiro atoms. The first-order valence-electron chi connectivity index (χ1n) is 11.9. The minimum atomic E-state index is -3.74. The molecule has 2 aliphatic heterocycles. The molecular weight excluding hydrogens is 547 g/mol. The zero-order valence-electron chi connectivity index (χ0n) is 19.8. The summed E-state index contributed by atoms with van der Waals surface area (Å²) in [6, 6.07) is 11.7. The monoisotopic (exact) mass is 574 g/mol. The molecule has 2 aliphatic rings. The van der Waals surface area contributed by atoms with E-state index in [1.165, 1.54) is 4.31 Å². The van der Waals surface area contributed by atoms with Gasteiger partial charge in [0.05, 0.1) is 28.8 Å². The molecule has 2 aromatic carbocycles. The van der Waals surface area contributed by atoms with Crippen molar-refractivity contribution >= 4 is 50.7 Å². The Morgan fingerprint density at radius 2 is 1.78 bits per heavy atom. The van der Waals surface area contributed by atoms with E-state index < -0.39 is 15.6 Å². The van der Waals surface area contributed by atoms with Crippen molar-refractivity contribution in [1.82, 2.24) is 9.21 Å². The van der Waals surface area contributed by atoms with Crippen LogP contribution in [0, 0.1) is 0 Å². The van der Waals surface area contributed by atoms with E-state index in [1.54, 1.807) is 42.5 Å². The fraction of sp³-hybridized carbons (Fsp3) is 0.480. The Morgan fingerprint density at radius 1 is 1.00 bits per heavy atom. The molecule has 4 rings (SSSR count). The number of carbonyl (C=O) groups is 1. The van der Waals surface area contributed by atoms with Gasteiger partial charge < -0.3 is 14.4 Å². The first-order chi connectivity index (χ1) is 17.2. The van der Waals surface area contributed by atoms with Crippen LogP contribution < -0.4 is 4.74 Å². The van der Waals surface area contributed by atoms with E-state index in [4.69, 9.17) is 44.3 Å². The molecule has 36 heavy (non-hydrogen) atoms. The average Bonchev–Trinajstić information content (AvgIpc) is 2.86. The molecule has 2 heterocycles. The number of piperidine rings is 1. The summed E-state index contributed by atoms with van der Waals surface area (Å²) in [7, 11) is -3.74. The zero-order valence-corrected chi connectivity index (χ0v) is 22.9. The summed E-state index contributed by atoms with van der Waals surface area (Å²) < 4.78 is 40.3. The van der Waals surface area contributed by atoms with Crippen molar-refractivity contribution in [1.29, 1.82) is 0 Å². The van der Waals surface area contributed by atoms with Crippen LogP contribution in [0.25, 0.3) is 0 Å². The Bertz CT molecular complexity index is 1190. The molecule has 0 bridgehead atoms. The van der Waals surface area contributed by atoms with Gasteiger partial charge in [0.15, 0.2) is 0 Å². The van der Waals surface area contributed by atoms with Gasteiger partial charge in [-0.3, -0.25) is 4.79 Å².